The molecule has 0 aliphatic rings. The highest BCUT2D eigenvalue weighted by Crippen LogP contribution is 2.07. The molecule has 8 heteroatoms. The fourth-order valence-electron chi connectivity index (χ4n) is 1.55. The molecule has 4 N–H and O–H groups in total. The molecule has 0 aliphatic heterocycles. The van der Waals surface area contributed by atoms with E-state index in [1.54, 1.807) is 12.4 Å². The van der Waals surface area contributed by atoms with Gasteiger partial charge in [-0.05, 0) is 12.1 Å². The summed E-state index contributed by atoms with van der Waals surface area (Å²) in [5, 5.41) is 13.9. The first-order valence-corrected chi connectivity index (χ1v) is 5.97. The van der Waals surface area contributed by atoms with Gasteiger partial charge in [-0.15, -0.1) is 0 Å². The second-order valence-corrected chi connectivity index (χ2v) is 3.97. The van der Waals surface area contributed by atoms with Crippen molar-refractivity contribution in [2.75, 3.05) is 6.54 Å². The molecule has 8 nitrogen and oxygen atoms in total. The molecule has 0 unspecified atom stereocenters. The van der Waals surface area contributed by atoms with Crippen LogP contribution in [0, 0.1) is 0 Å². The van der Waals surface area contributed by atoms with Crippen LogP contribution in [0.1, 0.15) is 22.1 Å². The first kappa shape index (κ1) is 13.7. The summed E-state index contributed by atoms with van der Waals surface area (Å²) in [6, 6.07) is 2.49. The lowest BCUT2D eigenvalue weighted by Gasteiger charge is -2.05. The number of aromatic amines is 1. The number of furan rings is 1. The molecule has 0 radical (unpaired) electrons. The van der Waals surface area contributed by atoms with Gasteiger partial charge >= 0.3 is 12.0 Å². The van der Waals surface area contributed by atoms with E-state index in [9.17, 15) is 9.59 Å². The van der Waals surface area contributed by atoms with Crippen molar-refractivity contribution in [1.82, 2.24) is 20.6 Å². The zero-order valence-electron chi connectivity index (χ0n) is 10.5. The molecular weight excluding hydrogens is 264 g/mol. The maximum absolute atomic E-state index is 11.5. The van der Waals surface area contributed by atoms with Crippen LogP contribution in [0.5, 0.6) is 0 Å². The van der Waals surface area contributed by atoms with Gasteiger partial charge in [0.05, 0.1) is 6.54 Å². The van der Waals surface area contributed by atoms with Crippen molar-refractivity contribution in [2.45, 2.75) is 13.0 Å². The molecule has 0 atom stereocenters. The van der Waals surface area contributed by atoms with Gasteiger partial charge in [0, 0.05) is 25.4 Å². The Morgan fingerprint density at radius 1 is 1.35 bits per heavy atom. The van der Waals surface area contributed by atoms with Gasteiger partial charge in [0.25, 0.3) is 0 Å². The van der Waals surface area contributed by atoms with E-state index in [0.29, 0.717) is 18.7 Å². The van der Waals surface area contributed by atoms with Crippen molar-refractivity contribution in [2.24, 2.45) is 0 Å². The van der Waals surface area contributed by atoms with Crippen LogP contribution in [0.4, 0.5) is 4.79 Å². The molecule has 0 spiro atoms. The minimum absolute atomic E-state index is 0.125. The van der Waals surface area contributed by atoms with Crippen molar-refractivity contribution < 1.29 is 19.1 Å². The number of nitrogens with zero attached hydrogens (tertiary/aromatic N) is 1. The van der Waals surface area contributed by atoms with Crippen molar-refractivity contribution in [3.8, 4) is 0 Å². The lowest BCUT2D eigenvalue weighted by molar-refractivity contribution is 0.0660. The number of hydrogen-bond donors (Lipinski definition) is 4. The third kappa shape index (κ3) is 3.87. The number of aromatic carboxylic acids is 1. The molecule has 0 aromatic carbocycles. The number of H-pyrrole nitrogens is 1. The maximum Gasteiger partial charge on any atom is 0.371 e. The maximum atomic E-state index is 11.5. The standard InChI is InChI=1S/C12H14N4O4/c17-11(18)9-2-1-8(20-9)7-16-12(19)15-4-3-10-13-5-6-14-10/h1-2,5-6H,3-4,7H2,(H,13,14)(H,17,18)(H2,15,16,19). The second-order valence-electron chi connectivity index (χ2n) is 3.97. The number of carbonyl (C=O) groups is 2. The highest BCUT2D eigenvalue weighted by Gasteiger charge is 2.09. The summed E-state index contributed by atoms with van der Waals surface area (Å²) in [6.07, 6.45) is 3.96. The predicted molar refractivity (Wildman–Crippen MR) is 68.2 cm³/mol. The molecule has 0 bridgehead atoms. The van der Waals surface area contributed by atoms with Crippen LogP contribution in [-0.2, 0) is 13.0 Å². The van der Waals surface area contributed by atoms with E-state index in [-0.39, 0.29) is 18.3 Å². The topological polar surface area (TPSA) is 120 Å². The Morgan fingerprint density at radius 2 is 2.20 bits per heavy atom. The van der Waals surface area contributed by atoms with Gasteiger partial charge in [0.2, 0.25) is 5.76 Å². The van der Waals surface area contributed by atoms with Gasteiger partial charge in [0.1, 0.15) is 11.6 Å². The minimum Gasteiger partial charge on any atom is -0.475 e. The van der Waals surface area contributed by atoms with Crippen LogP contribution < -0.4 is 10.6 Å². The first-order valence-electron chi connectivity index (χ1n) is 5.97. The average Bonchev–Trinajstić information content (AvgIpc) is 3.07. The normalized spacial score (nSPS) is 10.2. The molecule has 20 heavy (non-hydrogen) atoms. The molecule has 2 rings (SSSR count). The number of hydrogen-bond acceptors (Lipinski definition) is 4. The number of carbonyl (C=O) groups excluding carboxylic acids is 1. The van der Waals surface area contributed by atoms with Gasteiger partial charge in [-0.3, -0.25) is 0 Å². The van der Waals surface area contributed by atoms with E-state index in [1.807, 2.05) is 0 Å². The zero-order valence-corrected chi connectivity index (χ0v) is 10.5. The van der Waals surface area contributed by atoms with Gasteiger partial charge in [-0.25, -0.2) is 14.6 Å². The van der Waals surface area contributed by atoms with E-state index in [4.69, 9.17) is 9.52 Å². The average molecular weight is 278 g/mol. The zero-order chi connectivity index (χ0) is 14.4. The van der Waals surface area contributed by atoms with Crippen molar-refractivity contribution in [3.05, 3.63) is 41.9 Å². The summed E-state index contributed by atoms with van der Waals surface area (Å²) in [6.45, 7) is 0.567. The summed E-state index contributed by atoms with van der Waals surface area (Å²) in [4.78, 5) is 29.0. The van der Waals surface area contributed by atoms with Crippen LogP contribution in [-0.4, -0.2) is 33.6 Å². The van der Waals surface area contributed by atoms with E-state index >= 15 is 0 Å². The number of carboxylic acid groups (broad SMARTS) is 1. The van der Waals surface area contributed by atoms with Gasteiger partial charge in [-0.2, -0.15) is 0 Å². The molecule has 0 fully saturated rings. The van der Waals surface area contributed by atoms with E-state index in [0.717, 1.165) is 5.82 Å². The molecule has 0 saturated heterocycles. The Balaban J connectivity index is 1.67. The lowest BCUT2D eigenvalue weighted by Crippen LogP contribution is -2.36. The van der Waals surface area contributed by atoms with E-state index in [1.165, 1.54) is 12.1 Å². The molecule has 2 amide bonds. The Hall–Kier alpha value is -2.77. The molecule has 0 saturated carbocycles. The van der Waals surface area contributed by atoms with Gasteiger partial charge in [-0.1, -0.05) is 0 Å². The van der Waals surface area contributed by atoms with Crippen LogP contribution >= 0.6 is 0 Å². The number of carboxylic acids is 1. The molecule has 2 heterocycles. The summed E-state index contributed by atoms with van der Waals surface area (Å²) < 4.78 is 5.00. The predicted octanol–water partition coefficient (Wildman–Crippen LogP) is 0.743. The number of amides is 2. The molecule has 2 aromatic heterocycles. The number of imidazole rings is 1. The smallest absolute Gasteiger partial charge is 0.371 e. The summed E-state index contributed by atoms with van der Waals surface area (Å²) in [5.41, 5.74) is 0. The highest BCUT2D eigenvalue weighted by atomic mass is 16.4. The molecule has 2 aromatic rings. The van der Waals surface area contributed by atoms with Crippen molar-refractivity contribution in [3.63, 3.8) is 0 Å². The third-order valence-corrected chi connectivity index (χ3v) is 2.50. The molecule has 0 aliphatic carbocycles. The Labute approximate surface area is 114 Å². The second kappa shape index (κ2) is 6.41. The molecular formula is C12H14N4O4. The monoisotopic (exact) mass is 278 g/mol. The summed E-state index contributed by atoms with van der Waals surface area (Å²) >= 11 is 0. The van der Waals surface area contributed by atoms with Gasteiger partial charge < -0.3 is 25.1 Å². The number of rotatable bonds is 6. The number of aromatic nitrogens is 2. The van der Waals surface area contributed by atoms with Crippen LogP contribution in [0.3, 0.4) is 0 Å². The molecule has 106 valence electrons. The van der Waals surface area contributed by atoms with Crippen molar-refractivity contribution >= 4 is 12.0 Å². The Kier molecular flexibility index (Phi) is 4.38. The lowest BCUT2D eigenvalue weighted by atomic mass is 10.4. The minimum atomic E-state index is -1.14. The first-order chi connectivity index (χ1) is 9.65. The summed E-state index contributed by atoms with van der Waals surface area (Å²) in [5.74, 6) is -0.120. The van der Waals surface area contributed by atoms with Gasteiger partial charge in [0.15, 0.2) is 0 Å². The largest absolute Gasteiger partial charge is 0.475 e. The fraction of sp³-hybridized carbons (Fsp3) is 0.250. The van der Waals surface area contributed by atoms with E-state index in [2.05, 4.69) is 20.6 Å². The van der Waals surface area contributed by atoms with E-state index < -0.39 is 5.97 Å². The van der Waals surface area contributed by atoms with Crippen LogP contribution in [0.2, 0.25) is 0 Å². The third-order valence-electron chi connectivity index (χ3n) is 2.50. The van der Waals surface area contributed by atoms with Crippen molar-refractivity contribution in [1.29, 1.82) is 0 Å². The van der Waals surface area contributed by atoms with Crippen LogP contribution in [0.15, 0.2) is 28.9 Å². The number of urea groups is 1. The van der Waals surface area contributed by atoms with Crippen LogP contribution in [0.25, 0.3) is 0 Å². The highest BCUT2D eigenvalue weighted by molar-refractivity contribution is 5.84. The Morgan fingerprint density at radius 3 is 2.85 bits per heavy atom. The summed E-state index contributed by atoms with van der Waals surface area (Å²) in [7, 11) is 0. The fourth-order valence-corrected chi connectivity index (χ4v) is 1.55. The SMILES string of the molecule is O=C(NCCc1ncc[nH]1)NCc1ccc(C(=O)O)o1. The quantitative estimate of drug-likeness (QED) is 0.621. The Bertz CT molecular complexity index is 576. The number of nitrogens with one attached hydrogen (secondary N) is 3.